The monoisotopic (exact) mass is 393 g/mol. The maximum absolute atomic E-state index is 13.4. The number of nitrogens with zero attached hydrogens (tertiary/aromatic N) is 2. The lowest BCUT2D eigenvalue weighted by Crippen LogP contribution is -2.42. The van der Waals surface area contributed by atoms with Gasteiger partial charge in [0.1, 0.15) is 5.82 Å². The fourth-order valence-corrected chi connectivity index (χ4v) is 3.15. The number of hydrogen-bond donors (Lipinski definition) is 1. The number of piperidine rings is 1. The molecule has 28 heavy (non-hydrogen) atoms. The summed E-state index contributed by atoms with van der Waals surface area (Å²) >= 11 is 0. The Bertz CT molecular complexity index is 881. The summed E-state index contributed by atoms with van der Waals surface area (Å²) in [5.41, 5.74) is 0.532. The van der Waals surface area contributed by atoms with Crippen molar-refractivity contribution < 1.29 is 22.4 Å². The fourth-order valence-electron chi connectivity index (χ4n) is 3.15. The first kappa shape index (κ1) is 19.9. The van der Waals surface area contributed by atoms with Gasteiger partial charge in [0.25, 0.3) is 0 Å². The van der Waals surface area contributed by atoms with Crippen molar-refractivity contribution in [3.63, 3.8) is 0 Å². The summed E-state index contributed by atoms with van der Waals surface area (Å²) in [6.07, 6.45) is 0.590. The number of halogens is 4. The zero-order chi connectivity index (χ0) is 20.3. The zero-order valence-electron chi connectivity index (χ0n) is 15.1. The molecule has 0 saturated carbocycles. The minimum Gasteiger partial charge on any atom is -0.324 e. The second kappa shape index (κ2) is 8.00. The Hall–Kier alpha value is -2.90. The molecule has 0 aliphatic carbocycles. The number of alkyl halides is 3. The Labute approximate surface area is 159 Å². The number of aromatic nitrogens is 1. The normalized spacial score (nSPS) is 19.0. The first-order valence-corrected chi connectivity index (χ1v) is 8.77. The Balaban J connectivity index is 1.69. The molecular weight excluding hydrogens is 374 g/mol. The summed E-state index contributed by atoms with van der Waals surface area (Å²) in [6, 6.07) is 6.17. The van der Waals surface area contributed by atoms with Gasteiger partial charge >= 0.3 is 12.2 Å². The molecule has 4 nitrogen and oxygen atoms in total. The quantitative estimate of drug-likeness (QED) is 0.713. The summed E-state index contributed by atoms with van der Waals surface area (Å²) < 4.78 is 52.1. The molecule has 2 heterocycles. The van der Waals surface area contributed by atoms with E-state index in [2.05, 4.69) is 10.3 Å². The second-order valence-corrected chi connectivity index (χ2v) is 6.73. The van der Waals surface area contributed by atoms with Crippen LogP contribution in [0.1, 0.15) is 24.5 Å². The number of amides is 2. The summed E-state index contributed by atoms with van der Waals surface area (Å²) in [7, 11) is 0. The van der Waals surface area contributed by atoms with Crippen molar-refractivity contribution in [3.05, 3.63) is 65.2 Å². The minimum atomic E-state index is -4.74. The smallest absolute Gasteiger partial charge is 0.324 e. The highest BCUT2D eigenvalue weighted by Crippen LogP contribution is 2.33. The van der Waals surface area contributed by atoms with Crippen LogP contribution < -0.4 is 5.32 Å². The predicted octanol–water partition coefficient (Wildman–Crippen LogP) is 5.20. The number of carbonyl (C=O) groups excluding carboxylic acids is 1. The van der Waals surface area contributed by atoms with Crippen LogP contribution in [-0.2, 0) is 6.18 Å². The van der Waals surface area contributed by atoms with Gasteiger partial charge in [-0.2, -0.15) is 13.2 Å². The van der Waals surface area contributed by atoms with Crippen LogP contribution in [0.15, 0.2) is 48.3 Å². The van der Waals surface area contributed by atoms with Crippen LogP contribution in [0.3, 0.4) is 0 Å². The third-order valence-corrected chi connectivity index (χ3v) is 4.65. The van der Waals surface area contributed by atoms with Gasteiger partial charge in [0.2, 0.25) is 0 Å². The number of hydrogen-bond acceptors (Lipinski definition) is 2. The van der Waals surface area contributed by atoms with Gasteiger partial charge in [-0.1, -0.05) is 24.6 Å². The highest BCUT2D eigenvalue weighted by molar-refractivity contribution is 5.89. The van der Waals surface area contributed by atoms with E-state index in [4.69, 9.17) is 0 Å². The minimum absolute atomic E-state index is 0.0345. The van der Waals surface area contributed by atoms with Gasteiger partial charge in [-0.15, -0.1) is 0 Å². The predicted molar refractivity (Wildman–Crippen MR) is 98.0 cm³/mol. The summed E-state index contributed by atoms with van der Waals surface area (Å²) in [4.78, 5) is 18.0. The van der Waals surface area contributed by atoms with Gasteiger partial charge < -0.3 is 10.2 Å². The molecule has 1 atom stereocenters. The van der Waals surface area contributed by atoms with Crippen LogP contribution in [0.25, 0.3) is 6.08 Å². The molecule has 1 aromatic carbocycles. The van der Waals surface area contributed by atoms with E-state index in [-0.39, 0.29) is 11.9 Å². The van der Waals surface area contributed by atoms with Gasteiger partial charge in [0.15, 0.2) is 0 Å². The van der Waals surface area contributed by atoms with Crippen LogP contribution in [-0.4, -0.2) is 29.0 Å². The Morgan fingerprint density at radius 2 is 2.11 bits per heavy atom. The number of rotatable bonds is 2. The molecule has 1 aliphatic heterocycles. The topological polar surface area (TPSA) is 45.2 Å². The third kappa shape index (κ3) is 4.68. The first-order chi connectivity index (χ1) is 13.2. The van der Waals surface area contributed by atoms with Gasteiger partial charge in [-0.3, -0.25) is 4.98 Å². The highest BCUT2D eigenvalue weighted by atomic mass is 19.4. The van der Waals surface area contributed by atoms with E-state index < -0.39 is 17.6 Å². The number of pyridine rings is 1. The molecule has 3 rings (SSSR count). The number of nitrogens with one attached hydrogen (secondary N) is 1. The lowest BCUT2D eigenvalue weighted by molar-refractivity contribution is -0.140. The van der Waals surface area contributed by atoms with Crippen molar-refractivity contribution in [2.75, 3.05) is 18.4 Å². The van der Waals surface area contributed by atoms with Gasteiger partial charge in [0, 0.05) is 19.3 Å². The molecule has 0 bridgehead atoms. The largest absolute Gasteiger partial charge is 0.419 e. The maximum Gasteiger partial charge on any atom is 0.419 e. The average Bonchev–Trinajstić information content (AvgIpc) is 2.64. The summed E-state index contributed by atoms with van der Waals surface area (Å²) in [6.45, 7) is 2.78. The highest BCUT2D eigenvalue weighted by Gasteiger charge is 2.34. The fraction of sp³-hybridized carbons (Fsp3) is 0.300. The van der Waals surface area contributed by atoms with Crippen molar-refractivity contribution in [2.45, 2.75) is 19.5 Å². The Morgan fingerprint density at radius 3 is 2.75 bits per heavy atom. The summed E-state index contributed by atoms with van der Waals surface area (Å²) in [5.74, 6) is -1.32. The van der Waals surface area contributed by atoms with Gasteiger partial charge in [0.05, 0.1) is 17.4 Å². The molecule has 1 N–H and O–H groups in total. The maximum atomic E-state index is 13.4. The van der Waals surface area contributed by atoms with E-state index in [0.29, 0.717) is 30.8 Å². The molecule has 8 heteroatoms. The molecule has 148 valence electrons. The Morgan fingerprint density at radius 1 is 1.32 bits per heavy atom. The number of benzene rings is 1. The van der Waals surface area contributed by atoms with E-state index in [1.807, 2.05) is 6.92 Å². The molecular formula is C20H19F4N3O. The molecule has 2 aromatic rings. The van der Waals surface area contributed by atoms with Crippen LogP contribution >= 0.6 is 0 Å². The molecule has 1 saturated heterocycles. The molecule has 0 radical (unpaired) electrons. The molecule has 1 fully saturated rings. The number of urea groups is 1. The molecule has 2 amide bonds. The van der Waals surface area contributed by atoms with E-state index in [9.17, 15) is 22.4 Å². The van der Waals surface area contributed by atoms with Crippen LogP contribution in [0, 0.1) is 11.7 Å². The first-order valence-electron chi connectivity index (χ1n) is 8.77. The van der Waals surface area contributed by atoms with Crippen molar-refractivity contribution in [1.82, 2.24) is 9.88 Å². The van der Waals surface area contributed by atoms with Crippen molar-refractivity contribution in [3.8, 4) is 0 Å². The number of carbonyl (C=O) groups is 1. The lowest BCUT2D eigenvalue weighted by atomic mass is 9.91. The molecule has 1 aromatic heterocycles. The third-order valence-electron chi connectivity index (χ3n) is 4.65. The van der Waals surface area contributed by atoms with Gasteiger partial charge in [-0.05, 0) is 42.2 Å². The average molecular weight is 393 g/mol. The number of likely N-dealkylation sites (tertiary alicyclic amines) is 1. The zero-order valence-corrected chi connectivity index (χ0v) is 15.1. The van der Waals surface area contributed by atoms with E-state index in [1.165, 1.54) is 6.07 Å². The standard InChI is InChI=1S/C20H19F4N3O/c1-13-12-27(19(28)26-16-3-2-7-25-11-16)8-6-15(13)9-14-4-5-18(21)17(10-14)20(22,23)24/h2-5,7,9-11,13H,6,8,12H2,1H3,(H,26,28)/b15-9+. The Kier molecular flexibility index (Phi) is 5.67. The molecule has 1 unspecified atom stereocenters. The molecule has 0 spiro atoms. The van der Waals surface area contributed by atoms with Crippen molar-refractivity contribution in [2.24, 2.45) is 5.92 Å². The van der Waals surface area contributed by atoms with Crippen molar-refractivity contribution >= 4 is 17.8 Å². The van der Waals surface area contributed by atoms with Crippen LogP contribution in [0.5, 0.6) is 0 Å². The van der Waals surface area contributed by atoms with Crippen LogP contribution in [0.4, 0.5) is 28.0 Å². The molecule has 1 aliphatic rings. The lowest BCUT2D eigenvalue weighted by Gasteiger charge is -2.33. The number of anilines is 1. The van der Waals surface area contributed by atoms with E-state index in [1.54, 1.807) is 35.5 Å². The van der Waals surface area contributed by atoms with E-state index in [0.717, 1.165) is 17.7 Å². The van der Waals surface area contributed by atoms with Crippen molar-refractivity contribution in [1.29, 1.82) is 0 Å². The summed E-state index contributed by atoms with van der Waals surface area (Å²) in [5, 5.41) is 2.77. The SMILES string of the molecule is CC1CN(C(=O)Nc2cccnc2)CC/C1=C\c1ccc(F)c(C(F)(F)F)c1. The second-order valence-electron chi connectivity index (χ2n) is 6.73. The van der Waals surface area contributed by atoms with Gasteiger partial charge in [-0.25, -0.2) is 9.18 Å². The van der Waals surface area contributed by atoms with E-state index >= 15 is 0 Å². The van der Waals surface area contributed by atoms with Crippen LogP contribution in [0.2, 0.25) is 0 Å².